The van der Waals surface area contributed by atoms with E-state index in [1.807, 2.05) is 27.7 Å². The highest BCUT2D eigenvalue weighted by molar-refractivity contribution is 7.89. The van der Waals surface area contributed by atoms with Gasteiger partial charge in [-0.2, -0.15) is 0 Å². The molecule has 0 bridgehead atoms. The fourth-order valence-corrected chi connectivity index (χ4v) is 4.16. The smallest absolute Gasteiger partial charge is 0.244 e. The van der Waals surface area contributed by atoms with Crippen molar-refractivity contribution in [3.05, 3.63) is 17.7 Å². The van der Waals surface area contributed by atoms with Crippen LogP contribution < -0.4 is 15.2 Å². The summed E-state index contributed by atoms with van der Waals surface area (Å²) in [6.45, 7) is 7.76. The lowest BCUT2D eigenvalue weighted by Gasteiger charge is -2.31. The summed E-state index contributed by atoms with van der Waals surface area (Å²) < 4.78 is 33.5. The van der Waals surface area contributed by atoms with Crippen molar-refractivity contribution in [3.8, 4) is 5.75 Å². The minimum absolute atomic E-state index is 0.0906. The Balaban J connectivity index is 3.34. The number of rotatable bonds is 7. The molecular weight excluding hydrogens is 288 g/mol. The van der Waals surface area contributed by atoms with Gasteiger partial charge in [0.15, 0.2) is 0 Å². The molecule has 3 N–H and O–H groups in total. The van der Waals surface area contributed by atoms with Crippen LogP contribution in [0.5, 0.6) is 5.75 Å². The lowest BCUT2D eigenvalue weighted by molar-refractivity contribution is 0.340. The molecule has 6 heteroatoms. The van der Waals surface area contributed by atoms with Gasteiger partial charge < -0.3 is 10.5 Å². The van der Waals surface area contributed by atoms with E-state index in [1.54, 1.807) is 6.07 Å². The number of sulfonamides is 1. The second-order valence-corrected chi connectivity index (χ2v) is 6.96. The van der Waals surface area contributed by atoms with E-state index in [9.17, 15) is 8.42 Å². The third-order valence-corrected chi connectivity index (χ3v) is 5.82. The van der Waals surface area contributed by atoms with Crippen LogP contribution in [0.25, 0.3) is 0 Å². The van der Waals surface area contributed by atoms with Gasteiger partial charge in [-0.05, 0) is 43.9 Å². The zero-order valence-corrected chi connectivity index (χ0v) is 14.3. The minimum Gasteiger partial charge on any atom is -0.495 e. The molecular formula is C15H26N2O3S. The molecule has 0 heterocycles. The molecule has 0 aliphatic heterocycles. The number of aryl methyl sites for hydroxylation is 1. The number of nitrogen functional groups attached to an aromatic ring is 1. The van der Waals surface area contributed by atoms with Gasteiger partial charge in [0.1, 0.15) is 10.6 Å². The van der Waals surface area contributed by atoms with Crippen LogP contribution in [-0.4, -0.2) is 21.1 Å². The molecule has 0 fully saturated rings. The highest BCUT2D eigenvalue weighted by atomic mass is 32.2. The Kier molecular flexibility index (Phi) is 5.64. The number of hydrogen-bond donors (Lipinski definition) is 2. The highest BCUT2D eigenvalue weighted by Gasteiger charge is 2.32. The zero-order valence-electron chi connectivity index (χ0n) is 13.5. The molecule has 0 radical (unpaired) electrons. The fraction of sp³-hybridized carbons (Fsp3) is 0.600. The van der Waals surface area contributed by atoms with Crippen molar-refractivity contribution in [1.82, 2.24) is 4.72 Å². The summed E-state index contributed by atoms with van der Waals surface area (Å²) in [6, 6.07) is 3.11. The van der Waals surface area contributed by atoms with Crippen molar-refractivity contribution in [2.24, 2.45) is 0 Å². The lowest BCUT2D eigenvalue weighted by Crippen LogP contribution is -2.47. The van der Waals surface area contributed by atoms with E-state index in [2.05, 4.69) is 4.72 Å². The number of ether oxygens (including phenoxy) is 1. The van der Waals surface area contributed by atoms with Crippen LogP contribution in [0, 0.1) is 6.92 Å². The Labute approximate surface area is 127 Å². The summed E-state index contributed by atoms with van der Waals surface area (Å²) in [5, 5.41) is 0. The average molecular weight is 314 g/mol. The molecule has 0 aliphatic rings. The van der Waals surface area contributed by atoms with Gasteiger partial charge >= 0.3 is 0 Å². The van der Waals surface area contributed by atoms with Crippen LogP contribution in [0.1, 0.15) is 45.6 Å². The summed E-state index contributed by atoms with van der Waals surface area (Å²) >= 11 is 0. The van der Waals surface area contributed by atoms with Crippen LogP contribution in [-0.2, 0) is 10.0 Å². The predicted octanol–water partition coefficient (Wildman–Crippen LogP) is 2.83. The quantitative estimate of drug-likeness (QED) is 0.758. The lowest BCUT2D eigenvalue weighted by atomic mass is 9.91. The Morgan fingerprint density at radius 2 is 1.71 bits per heavy atom. The van der Waals surface area contributed by atoms with Crippen LogP contribution >= 0.6 is 0 Å². The van der Waals surface area contributed by atoms with Crippen LogP contribution in [0.3, 0.4) is 0 Å². The number of nitrogens with two attached hydrogens (primary N) is 1. The summed E-state index contributed by atoms with van der Waals surface area (Å²) in [6.07, 6.45) is 2.18. The summed E-state index contributed by atoms with van der Waals surface area (Å²) in [5.74, 6) is 0.311. The Bertz CT molecular complexity index is 585. The molecule has 0 amide bonds. The first-order valence-electron chi connectivity index (χ1n) is 7.23. The number of hydrogen-bond acceptors (Lipinski definition) is 4. The van der Waals surface area contributed by atoms with E-state index in [1.165, 1.54) is 13.2 Å². The molecule has 0 spiro atoms. The molecule has 0 saturated heterocycles. The van der Waals surface area contributed by atoms with Gasteiger partial charge in [-0.25, -0.2) is 13.1 Å². The van der Waals surface area contributed by atoms with Gasteiger partial charge in [-0.3, -0.25) is 0 Å². The molecule has 1 aromatic carbocycles. The highest BCUT2D eigenvalue weighted by Crippen LogP contribution is 2.31. The van der Waals surface area contributed by atoms with Gasteiger partial charge in [0, 0.05) is 11.2 Å². The Hall–Kier alpha value is -1.27. The second-order valence-electron chi connectivity index (χ2n) is 5.31. The van der Waals surface area contributed by atoms with E-state index in [4.69, 9.17) is 10.5 Å². The normalized spacial score (nSPS) is 12.4. The number of methoxy groups -OCH3 is 1. The second kappa shape index (κ2) is 6.66. The molecule has 0 saturated carbocycles. The fourth-order valence-electron chi connectivity index (χ4n) is 2.35. The SMILES string of the molecule is CCC(CC)(CC)NS(=O)(=O)c1cc(N)c(C)cc1OC. The van der Waals surface area contributed by atoms with Crippen LogP contribution in [0.2, 0.25) is 0 Å². The third kappa shape index (κ3) is 3.68. The molecule has 0 aromatic heterocycles. The minimum atomic E-state index is -3.69. The number of anilines is 1. The van der Waals surface area contributed by atoms with E-state index in [0.717, 1.165) is 24.8 Å². The van der Waals surface area contributed by atoms with Crippen molar-refractivity contribution < 1.29 is 13.2 Å². The predicted molar refractivity (Wildman–Crippen MR) is 86.1 cm³/mol. The first-order chi connectivity index (χ1) is 9.75. The van der Waals surface area contributed by atoms with Crippen molar-refractivity contribution in [1.29, 1.82) is 0 Å². The molecule has 0 atom stereocenters. The van der Waals surface area contributed by atoms with E-state index in [-0.39, 0.29) is 4.90 Å². The molecule has 21 heavy (non-hydrogen) atoms. The molecule has 1 rings (SSSR count). The number of benzene rings is 1. The van der Waals surface area contributed by atoms with Crippen LogP contribution in [0.15, 0.2) is 17.0 Å². The average Bonchev–Trinajstić information content (AvgIpc) is 2.47. The standard InChI is InChI=1S/C15H26N2O3S/c1-6-15(7-2,8-3)17-21(18,19)14-10-12(16)11(4)9-13(14)20-5/h9-10,17H,6-8,16H2,1-5H3. The van der Waals surface area contributed by atoms with Crippen molar-refractivity contribution >= 4 is 15.7 Å². The summed E-state index contributed by atoms with van der Waals surface area (Å²) in [4.78, 5) is 0.0906. The molecule has 1 aromatic rings. The first kappa shape index (κ1) is 17.8. The van der Waals surface area contributed by atoms with E-state index in [0.29, 0.717) is 11.4 Å². The zero-order chi connectivity index (χ0) is 16.3. The maximum Gasteiger partial charge on any atom is 0.244 e. The van der Waals surface area contributed by atoms with Crippen molar-refractivity contribution in [2.75, 3.05) is 12.8 Å². The molecule has 120 valence electrons. The number of nitrogens with one attached hydrogen (secondary N) is 1. The van der Waals surface area contributed by atoms with Crippen molar-refractivity contribution in [2.45, 2.75) is 57.4 Å². The maximum absolute atomic E-state index is 12.7. The molecule has 0 aliphatic carbocycles. The summed E-state index contributed by atoms with van der Waals surface area (Å²) in [5.41, 5.74) is 6.64. The third-order valence-electron chi connectivity index (χ3n) is 4.22. The molecule has 0 unspecified atom stereocenters. The Morgan fingerprint density at radius 3 is 2.14 bits per heavy atom. The Morgan fingerprint density at radius 1 is 1.19 bits per heavy atom. The van der Waals surface area contributed by atoms with Gasteiger partial charge in [0.05, 0.1) is 7.11 Å². The topological polar surface area (TPSA) is 81.4 Å². The summed E-state index contributed by atoms with van der Waals surface area (Å²) in [7, 11) is -2.24. The largest absolute Gasteiger partial charge is 0.495 e. The van der Waals surface area contributed by atoms with E-state index >= 15 is 0 Å². The van der Waals surface area contributed by atoms with Gasteiger partial charge in [-0.15, -0.1) is 0 Å². The molecule has 5 nitrogen and oxygen atoms in total. The monoisotopic (exact) mass is 314 g/mol. The van der Waals surface area contributed by atoms with Gasteiger partial charge in [0.2, 0.25) is 10.0 Å². The van der Waals surface area contributed by atoms with Crippen LogP contribution in [0.4, 0.5) is 5.69 Å². The van der Waals surface area contributed by atoms with Crippen molar-refractivity contribution in [3.63, 3.8) is 0 Å². The van der Waals surface area contributed by atoms with Gasteiger partial charge in [-0.1, -0.05) is 20.8 Å². The van der Waals surface area contributed by atoms with Gasteiger partial charge in [0.25, 0.3) is 0 Å². The first-order valence-corrected chi connectivity index (χ1v) is 8.71. The van der Waals surface area contributed by atoms with E-state index < -0.39 is 15.6 Å². The maximum atomic E-state index is 12.7.